The summed E-state index contributed by atoms with van der Waals surface area (Å²) in [5.74, 6) is -6.54. The summed E-state index contributed by atoms with van der Waals surface area (Å²) in [5.41, 5.74) is 7.80. The van der Waals surface area contributed by atoms with Crippen LogP contribution >= 0.6 is 0 Å². The van der Waals surface area contributed by atoms with E-state index in [1.54, 1.807) is 30.3 Å². The highest BCUT2D eigenvalue weighted by atomic mass is 16.8. The number of nitrogens with two attached hydrogens (primary N) is 1. The van der Waals surface area contributed by atoms with Crippen LogP contribution < -0.4 is 16.4 Å². The van der Waals surface area contributed by atoms with Crippen LogP contribution in [0.3, 0.4) is 0 Å². The normalized spacial score (nSPS) is 29.3. The number of aliphatic carboxylic acids is 1. The molecule has 5 aliphatic rings. The van der Waals surface area contributed by atoms with E-state index in [9.17, 15) is 45.3 Å². The average molecular weight is 836 g/mol. The predicted molar refractivity (Wildman–Crippen MR) is 210 cm³/mol. The first-order valence-corrected chi connectivity index (χ1v) is 20.4. The first-order valence-electron chi connectivity index (χ1n) is 20.4. The molecule has 1 saturated heterocycles. The lowest BCUT2D eigenvalue weighted by atomic mass is 9.80. The number of hydrogen-bond donors (Lipinski definition) is 10. The van der Waals surface area contributed by atoms with Crippen molar-refractivity contribution in [3.8, 4) is 0 Å². The van der Waals surface area contributed by atoms with E-state index in [2.05, 4.69) is 15.6 Å². The van der Waals surface area contributed by atoms with Gasteiger partial charge >= 0.3 is 11.9 Å². The quantitative estimate of drug-likeness (QED) is 0.0209. The number of rotatable bonds is 18. The summed E-state index contributed by atoms with van der Waals surface area (Å²) in [5, 5.41) is 77.9. The number of nitrogens with zero attached hydrogens (tertiary/aromatic N) is 2. The van der Waals surface area contributed by atoms with E-state index >= 15 is 0 Å². The highest BCUT2D eigenvalue weighted by molar-refractivity contribution is 5.92. The van der Waals surface area contributed by atoms with Crippen LogP contribution in [0.5, 0.6) is 0 Å². The van der Waals surface area contributed by atoms with Crippen molar-refractivity contribution in [3.05, 3.63) is 58.7 Å². The Morgan fingerprint density at radius 3 is 2.49 bits per heavy atom. The van der Waals surface area contributed by atoms with E-state index in [4.69, 9.17) is 29.4 Å². The minimum Gasteiger partial charge on any atom is -0.478 e. The molecule has 0 bridgehead atoms. The molecule has 0 spiro atoms. The molecular formula is C40H61N5O14. The molecule has 0 aromatic carbocycles. The predicted octanol–water partition coefficient (Wildman–Crippen LogP) is -0.454. The van der Waals surface area contributed by atoms with E-state index in [-0.39, 0.29) is 68.5 Å². The topological polar surface area (TPSA) is 288 Å². The number of carboxylic acid groups (broad SMARTS) is 1. The van der Waals surface area contributed by atoms with Gasteiger partial charge in [0, 0.05) is 37.4 Å². The van der Waals surface area contributed by atoms with Crippen LogP contribution in [0.25, 0.3) is 0 Å². The van der Waals surface area contributed by atoms with Crippen LogP contribution in [0, 0.1) is 11.8 Å². The van der Waals surface area contributed by atoms with Gasteiger partial charge in [-0.2, -0.15) is 0 Å². The number of aliphatic imine (C=N–C) groups is 1. The zero-order chi connectivity index (χ0) is 42.5. The van der Waals surface area contributed by atoms with Crippen molar-refractivity contribution in [2.45, 2.75) is 107 Å². The van der Waals surface area contributed by atoms with Crippen molar-refractivity contribution in [1.82, 2.24) is 15.5 Å². The molecule has 0 aromatic heterocycles. The smallest absolute Gasteiger partial charge is 0.338 e. The van der Waals surface area contributed by atoms with E-state index in [0.717, 1.165) is 50.5 Å². The summed E-state index contributed by atoms with van der Waals surface area (Å²) < 4.78 is 30.1. The first-order chi connectivity index (χ1) is 28.4. The molecule has 7 unspecified atom stereocenters. The number of aliphatic hydroxyl groups is 6. The maximum atomic E-state index is 14.1. The summed E-state index contributed by atoms with van der Waals surface area (Å²) >= 11 is 0. The van der Waals surface area contributed by atoms with Crippen molar-refractivity contribution < 1.29 is 69.0 Å². The number of ether oxygens (including phenoxy) is 5. The molecule has 3 fully saturated rings. The minimum atomic E-state index is -2.93. The lowest BCUT2D eigenvalue weighted by Crippen LogP contribution is -2.69. The number of hydrogen-bond acceptors (Lipinski definition) is 16. The summed E-state index contributed by atoms with van der Waals surface area (Å²) in [7, 11) is 1.56. The third-order valence-electron chi connectivity index (χ3n) is 11.0. The Balaban J connectivity index is 1.61. The monoisotopic (exact) mass is 835 g/mol. The Morgan fingerprint density at radius 1 is 1.08 bits per heavy atom. The van der Waals surface area contributed by atoms with Crippen molar-refractivity contribution in [1.29, 1.82) is 0 Å². The maximum Gasteiger partial charge on any atom is 0.338 e. The first kappa shape index (κ1) is 46.2. The number of carboxylic acids is 1. The molecule has 5 rings (SSSR count). The van der Waals surface area contributed by atoms with Gasteiger partial charge in [0.25, 0.3) is 0 Å². The molecule has 2 aliphatic carbocycles. The zero-order valence-electron chi connectivity index (χ0n) is 33.5. The van der Waals surface area contributed by atoms with Gasteiger partial charge < -0.3 is 75.4 Å². The largest absolute Gasteiger partial charge is 0.478 e. The highest BCUT2D eigenvalue weighted by Crippen LogP contribution is 2.41. The van der Waals surface area contributed by atoms with Crippen molar-refractivity contribution in [2.75, 3.05) is 53.2 Å². The van der Waals surface area contributed by atoms with Gasteiger partial charge in [-0.3, -0.25) is 10.3 Å². The molecule has 330 valence electrons. The third kappa shape index (κ3) is 11.9. The maximum absolute atomic E-state index is 14.1. The SMILES string of the molecule is CNCOC1C(OC2OC=C(C(=O)OC3CCCC3)C(C=CC3=CN(CCO)CC(C(=O)O)=C3NC(N)=NCCCO)C2C=C2CCCCC2)OC(CO)C(O)C1(O)O. The number of esters is 1. The Kier molecular flexibility index (Phi) is 17.3. The lowest BCUT2D eigenvalue weighted by Gasteiger charge is -2.47. The van der Waals surface area contributed by atoms with Gasteiger partial charge in [0.2, 0.25) is 12.1 Å². The van der Waals surface area contributed by atoms with Gasteiger partial charge in [0.1, 0.15) is 18.3 Å². The van der Waals surface area contributed by atoms with Crippen LogP contribution in [-0.4, -0.2) is 155 Å². The number of aliphatic hydroxyl groups excluding tert-OH is 4. The molecule has 11 N–H and O–H groups in total. The van der Waals surface area contributed by atoms with Crippen LogP contribution in [0.1, 0.15) is 64.2 Å². The number of guanidine groups is 1. The summed E-state index contributed by atoms with van der Waals surface area (Å²) in [4.78, 5) is 32.6. The van der Waals surface area contributed by atoms with Crippen molar-refractivity contribution >= 4 is 17.9 Å². The second-order valence-corrected chi connectivity index (χ2v) is 15.3. The molecule has 19 nitrogen and oxygen atoms in total. The summed E-state index contributed by atoms with van der Waals surface area (Å²) in [6.07, 6.45) is 7.91. The Morgan fingerprint density at radius 2 is 1.83 bits per heavy atom. The molecule has 2 saturated carbocycles. The fraction of sp³-hybridized carbons (Fsp3) is 0.675. The fourth-order valence-corrected chi connectivity index (χ4v) is 7.92. The molecular weight excluding hydrogens is 774 g/mol. The van der Waals surface area contributed by atoms with Crippen LogP contribution in [0.4, 0.5) is 0 Å². The third-order valence-corrected chi connectivity index (χ3v) is 11.0. The van der Waals surface area contributed by atoms with E-state index in [1.165, 1.54) is 6.26 Å². The summed E-state index contributed by atoms with van der Waals surface area (Å²) in [6, 6.07) is 0. The molecule has 7 atom stereocenters. The molecule has 19 heteroatoms. The zero-order valence-corrected chi connectivity index (χ0v) is 33.5. The van der Waals surface area contributed by atoms with E-state index in [0.29, 0.717) is 24.8 Å². The van der Waals surface area contributed by atoms with Gasteiger partial charge in [0.05, 0.1) is 55.5 Å². The lowest BCUT2D eigenvalue weighted by molar-refractivity contribution is -0.410. The van der Waals surface area contributed by atoms with E-state index < -0.39 is 67.1 Å². The molecule has 3 heterocycles. The number of β-amino-alcohol motifs (C(OH)–C–C–N with tert-alkyl or cyclic N) is 1. The Bertz CT molecular complexity index is 1610. The number of nitrogens with one attached hydrogen (secondary N) is 2. The number of allylic oxidation sites excluding steroid dienone is 3. The van der Waals surface area contributed by atoms with Gasteiger partial charge in [0.15, 0.2) is 18.4 Å². The molecule has 0 amide bonds. The van der Waals surface area contributed by atoms with Crippen LogP contribution in [0.2, 0.25) is 0 Å². The van der Waals surface area contributed by atoms with Gasteiger partial charge in [-0.25, -0.2) is 9.59 Å². The fourth-order valence-electron chi connectivity index (χ4n) is 7.92. The van der Waals surface area contributed by atoms with Gasteiger partial charge in [-0.15, -0.1) is 0 Å². The molecule has 0 radical (unpaired) electrons. The molecule has 0 aromatic rings. The van der Waals surface area contributed by atoms with Crippen LogP contribution in [0.15, 0.2) is 63.7 Å². The second-order valence-electron chi connectivity index (χ2n) is 15.3. The highest BCUT2D eigenvalue weighted by Gasteiger charge is 2.57. The minimum absolute atomic E-state index is 0.0643. The van der Waals surface area contributed by atoms with Crippen LogP contribution in [-0.2, 0) is 33.3 Å². The van der Waals surface area contributed by atoms with E-state index in [1.807, 2.05) is 6.08 Å². The second kappa shape index (κ2) is 22.1. The van der Waals surface area contributed by atoms with Crippen molar-refractivity contribution in [2.24, 2.45) is 22.6 Å². The molecule has 3 aliphatic heterocycles. The van der Waals surface area contributed by atoms with Gasteiger partial charge in [-0.1, -0.05) is 30.2 Å². The van der Waals surface area contributed by atoms with Crippen molar-refractivity contribution in [3.63, 3.8) is 0 Å². The molecule has 59 heavy (non-hydrogen) atoms. The number of carbonyl (C=O) groups is 2. The Hall–Kier alpha value is -3.89. The Labute approximate surface area is 343 Å². The van der Waals surface area contributed by atoms with Gasteiger partial charge in [-0.05, 0) is 64.8 Å². The number of carbonyl (C=O) groups excluding carboxylic acids is 1. The standard InChI is InChI=1S/C40H61N5O14/c1-42-23-56-34-38(58-31(21-48)33(49)40(34,53)54)59-37-28(18-24-8-3-2-4-9-24)27(30(22-55-37)36(52)57-26-10-5-6-11-26)13-12-25-19-45(15-17-47)20-29(35(50)51)32(25)44-39(41)43-14-7-16-46/h12-13,18-19,22,26-28,31,33-34,37-38,42,46-49,53-54H,2-11,14-17,20-21,23H2,1H3,(H,50,51)(H3,41,43,44). The summed E-state index contributed by atoms with van der Waals surface area (Å²) in [6.45, 7) is -1.13. The average Bonchev–Trinajstić information content (AvgIpc) is 3.73.